The van der Waals surface area contributed by atoms with Crippen LogP contribution in [0.4, 0.5) is 0 Å². The van der Waals surface area contributed by atoms with Crippen LogP contribution < -0.4 is 4.74 Å². The number of rotatable bonds is 6. The van der Waals surface area contributed by atoms with Gasteiger partial charge < -0.3 is 14.2 Å². The van der Waals surface area contributed by atoms with E-state index in [2.05, 4.69) is 25.1 Å². The summed E-state index contributed by atoms with van der Waals surface area (Å²) in [5, 5.41) is 0. The second-order valence-electron chi connectivity index (χ2n) is 7.14. The van der Waals surface area contributed by atoms with Gasteiger partial charge in [0.25, 0.3) is 0 Å². The normalized spacial score (nSPS) is 30.5. The van der Waals surface area contributed by atoms with Crippen molar-refractivity contribution in [3.05, 3.63) is 41.4 Å². The molecule has 138 valence electrons. The second kappa shape index (κ2) is 9.61. The Morgan fingerprint density at radius 2 is 1.76 bits per heavy atom. The Morgan fingerprint density at radius 3 is 2.36 bits per heavy atom. The molecular weight excluding hydrogens is 336 g/mol. The Balaban J connectivity index is 1.45. The standard InChI is InChI=1S/C21H29ClO3/c1-2-13-23-20-9-7-17(8-10-20)19-14-24-21(25-15-19)18-5-3-16(4-6-18)11-12-22/h7-12,16,18-19,21H,2-6,13-15H2,1H3/b12-11+/t16-,18-,19-,21-. The molecule has 25 heavy (non-hydrogen) atoms. The molecule has 1 saturated carbocycles. The molecule has 1 saturated heterocycles. The lowest BCUT2D eigenvalue weighted by Gasteiger charge is -2.37. The molecule has 1 heterocycles. The Morgan fingerprint density at radius 1 is 1.08 bits per heavy atom. The summed E-state index contributed by atoms with van der Waals surface area (Å²) in [7, 11) is 0. The van der Waals surface area contributed by atoms with Crippen LogP contribution in [0, 0.1) is 11.8 Å². The zero-order valence-corrected chi connectivity index (χ0v) is 15.8. The van der Waals surface area contributed by atoms with E-state index in [4.69, 9.17) is 25.8 Å². The molecule has 0 unspecified atom stereocenters. The predicted octanol–water partition coefficient (Wildman–Crippen LogP) is 5.49. The average Bonchev–Trinajstić information content (AvgIpc) is 2.68. The van der Waals surface area contributed by atoms with Crippen molar-refractivity contribution in [2.75, 3.05) is 19.8 Å². The number of hydrogen-bond donors (Lipinski definition) is 0. The second-order valence-corrected chi connectivity index (χ2v) is 7.39. The van der Waals surface area contributed by atoms with Crippen molar-refractivity contribution in [3.63, 3.8) is 0 Å². The van der Waals surface area contributed by atoms with Crippen LogP contribution >= 0.6 is 11.6 Å². The van der Waals surface area contributed by atoms with Gasteiger partial charge in [0.15, 0.2) is 6.29 Å². The van der Waals surface area contributed by atoms with Crippen LogP contribution in [0.1, 0.15) is 50.5 Å². The maximum Gasteiger partial charge on any atom is 0.160 e. The van der Waals surface area contributed by atoms with Crippen LogP contribution in [0.2, 0.25) is 0 Å². The fourth-order valence-corrected chi connectivity index (χ4v) is 3.96. The van der Waals surface area contributed by atoms with Crippen LogP contribution in [0.25, 0.3) is 0 Å². The van der Waals surface area contributed by atoms with Crippen molar-refractivity contribution in [3.8, 4) is 5.75 Å². The van der Waals surface area contributed by atoms with E-state index in [1.807, 2.05) is 12.1 Å². The third kappa shape index (κ3) is 5.22. The van der Waals surface area contributed by atoms with E-state index in [0.29, 0.717) is 17.8 Å². The average molecular weight is 365 g/mol. The third-order valence-electron chi connectivity index (χ3n) is 5.29. The van der Waals surface area contributed by atoms with Crippen molar-refractivity contribution >= 4 is 11.6 Å². The van der Waals surface area contributed by atoms with Crippen molar-refractivity contribution in [1.82, 2.24) is 0 Å². The Hall–Kier alpha value is -1.03. The van der Waals surface area contributed by atoms with E-state index in [-0.39, 0.29) is 6.29 Å². The van der Waals surface area contributed by atoms with Crippen molar-refractivity contribution in [1.29, 1.82) is 0 Å². The smallest absolute Gasteiger partial charge is 0.160 e. The molecule has 0 spiro atoms. The molecule has 1 aliphatic carbocycles. The van der Waals surface area contributed by atoms with Crippen LogP contribution in [0.3, 0.4) is 0 Å². The van der Waals surface area contributed by atoms with E-state index in [0.717, 1.165) is 44.8 Å². The molecule has 0 bridgehead atoms. The van der Waals surface area contributed by atoms with Crippen LogP contribution in [-0.2, 0) is 9.47 Å². The first kappa shape index (κ1) is 18.8. The van der Waals surface area contributed by atoms with E-state index < -0.39 is 0 Å². The highest BCUT2D eigenvalue weighted by molar-refractivity contribution is 6.25. The lowest BCUT2D eigenvalue weighted by Crippen LogP contribution is -2.37. The van der Waals surface area contributed by atoms with Crippen molar-refractivity contribution in [2.24, 2.45) is 11.8 Å². The van der Waals surface area contributed by atoms with Crippen molar-refractivity contribution in [2.45, 2.75) is 51.2 Å². The minimum Gasteiger partial charge on any atom is -0.494 e. The van der Waals surface area contributed by atoms with Gasteiger partial charge in [-0.1, -0.05) is 36.7 Å². The van der Waals surface area contributed by atoms with Gasteiger partial charge in [-0.15, -0.1) is 0 Å². The Kier molecular flexibility index (Phi) is 7.21. The molecule has 0 aromatic heterocycles. The molecule has 3 nitrogen and oxygen atoms in total. The van der Waals surface area contributed by atoms with Gasteiger partial charge in [0, 0.05) is 17.4 Å². The number of ether oxygens (including phenoxy) is 3. The molecule has 0 N–H and O–H groups in total. The largest absolute Gasteiger partial charge is 0.494 e. The molecule has 0 atom stereocenters. The number of allylic oxidation sites excluding steroid dienone is 1. The minimum atomic E-state index is -0.0376. The summed E-state index contributed by atoms with van der Waals surface area (Å²) in [6.07, 6.45) is 7.78. The van der Waals surface area contributed by atoms with Crippen LogP contribution in [0.5, 0.6) is 5.75 Å². The van der Waals surface area contributed by atoms with Crippen LogP contribution in [0.15, 0.2) is 35.9 Å². The van der Waals surface area contributed by atoms with Gasteiger partial charge in [-0.05, 0) is 55.7 Å². The molecule has 0 amide bonds. The zero-order valence-electron chi connectivity index (χ0n) is 15.0. The van der Waals surface area contributed by atoms with Crippen molar-refractivity contribution < 1.29 is 14.2 Å². The fourth-order valence-electron chi connectivity index (χ4n) is 3.75. The number of halogens is 1. The first-order chi connectivity index (χ1) is 12.3. The highest BCUT2D eigenvalue weighted by Crippen LogP contribution is 2.35. The summed E-state index contributed by atoms with van der Waals surface area (Å²) in [4.78, 5) is 0. The summed E-state index contributed by atoms with van der Waals surface area (Å²) in [6, 6.07) is 8.35. The molecule has 1 aliphatic heterocycles. The first-order valence-corrected chi connectivity index (χ1v) is 9.96. The topological polar surface area (TPSA) is 27.7 Å². The summed E-state index contributed by atoms with van der Waals surface area (Å²) < 4.78 is 17.8. The SMILES string of the molecule is CCCOc1ccc([C@H]2CO[C@H]([C@H]3CC[C@H](/C=C/Cl)CC3)OC2)cc1. The first-order valence-electron chi connectivity index (χ1n) is 9.53. The molecule has 1 aromatic carbocycles. The highest BCUT2D eigenvalue weighted by Gasteiger charge is 2.32. The van der Waals surface area contributed by atoms with E-state index in [9.17, 15) is 0 Å². The monoisotopic (exact) mass is 364 g/mol. The summed E-state index contributed by atoms with van der Waals surface area (Å²) >= 11 is 5.69. The minimum absolute atomic E-state index is 0.0376. The quantitative estimate of drug-likeness (QED) is 0.667. The molecule has 0 radical (unpaired) electrons. The van der Waals surface area contributed by atoms with Gasteiger partial charge in [0.2, 0.25) is 0 Å². The maximum atomic E-state index is 6.08. The van der Waals surface area contributed by atoms with Gasteiger partial charge in [-0.3, -0.25) is 0 Å². The molecular formula is C21H29ClO3. The maximum absolute atomic E-state index is 6.08. The molecule has 3 rings (SSSR count). The van der Waals surface area contributed by atoms with Gasteiger partial charge in [0.1, 0.15) is 5.75 Å². The van der Waals surface area contributed by atoms with Gasteiger partial charge in [-0.2, -0.15) is 0 Å². The van der Waals surface area contributed by atoms with Gasteiger partial charge in [-0.25, -0.2) is 0 Å². The zero-order chi connectivity index (χ0) is 17.5. The summed E-state index contributed by atoms with van der Waals surface area (Å²) in [6.45, 7) is 4.35. The Labute approximate surface area is 156 Å². The number of benzene rings is 1. The van der Waals surface area contributed by atoms with Gasteiger partial charge in [0.05, 0.1) is 19.8 Å². The van der Waals surface area contributed by atoms with E-state index >= 15 is 0 Å². The summed E-state index contributed by atoms with van der Waals surface area (Å²) in [5.74, 6) is 2.39. The fraction of sp³-hybridized carbons (Fsp3) is 0.619. The van der Waals surface area contributed by atoms with Gasteiger partial charge >= 0.3 is 0 Å². The lowest BCUT2D eigenvalue weighted by molar-refractivity contribution is -0.217. The number of hydrogen-bond acceptors (Lipinski definition) is 3. The lowest BCUT2D eigenvalue weighted by atomic mass is 9.81. The third-order valence-corrected chi connectivity index (χ3v) is 5.44. The molecule has 4 heteroatoms. The van der Waals surface area contributed by atoms with E-state index in [1.54, 1.807) is 5.54 Å². The summed E-state index contributed by atoms with van der Waals surface area (Å²) in [5.41, 5.74) is 2.92. The van der Waals surface area contributed by atoms with Crippen LogP contribution in [-0.4, -0.2) is 26.1 Å². The molecule has 1 aromatic rings. The Bertz CT molecular complexity index is 527. The molecule has 2 aliphatic rings. The predicted molar refractivity (Wildman–Crippen MR) is 101 cm³/mol. The van der Waals surface area contributed by atoms with E-state index in [1.165, 1.54) is 18.4 Å². The molecule has 2 fully saturated rings. The highest BCUT2D eigenvalue weighted by atomic mass is 35.5.